The Morgan fingerprint density at radius 3 is 2.47 bits per heavy atom. The topological polar surface area (TPSA) is 147 Å². The molecule has 1 aromatic carbocycles. The van der Waals surface area contributed by atoms with Crippen molar-refractivity contribution in [3.05, 3.63) is 53.1 Å². The number of hydrogen-bond donors (Lipinski definition) is 1. The molecule has 1 aromatic heterocycles. The number of amides is 1. The van der Waals surface area contributed by atoms with E-state index in [1.165, 1.54) is 13.0 Å². The number of aromatic nitrogens is 1. The number of nitrogens with zero attached hydrogens (tertiary/aromatic N) is 3. The van der Waals surface area contributed by atoms with E-state index in [1.54, 1.807) is 42.2 Å². The Kier molecular flexibility index (Phi) is 9.06. The lowest BCUT2D eigenvalue weighted by Gasteiger charge is -2.32. The van der Waals surface area contributed by atoms with Gasteiger partial charge in [0.15, 0.2) is 5.12 Å². The van der Waals surface area contributed by atoms with Crippen LogP contribution < -0.4 is 9.62 Å². The third-order valence-corrected chi connectivity index (χ3v) is 7.46. The fourth-order valence-electron chi connectivity index (χ4n) is 3.80. The number of nitrogens with one attached hydrogen (secondary N) is 1. The van der Waals surface area contributed by atoms with Crippen LogP contribution in [0.25, 0.3) is 0 Å². The SMILES string of the molecule is CCOC(=O)c1cc(C#N)c(N2CCC(C(=O)NS(=O)(=O)Cc3ccccc3)CC2)nc1SC(C)=O. The highest BCUT2D eigenvalue weighted by molar-refractivity contribution is 8.13. The van der Waals surface area contributed by atoms with E-state index in [1.807, 2.05) is 6.07 Å². The number of carbonyl (C=O) groups is 3. The monoisotopic (exact) mass is 530 g/mol. The molecule has 1 saturated heterocycles. The Bertz CT molecular complexity index is 1280. The number of nitriles is 1. The van der Waals surface area contributed by atoms with Gasteiger partial charge in [0.1, 0.15) is 16.9 Å². The lowest BCUT2D eigenvalue weighted by Crippen LogP contribution is -2.43. The van der Waals surface area contributed by atoms with Crippen molar-refractivity contribution in [2.75, 3.05) is 24.6 Å². The fraction of sp³-hybridized carbons (Fsp3) is 0.375. The van der Waals surface area contributed by atoms with Gasteiger partial charge < -0.3 is 9.64 Å². The Morgan fingerprint density at radius 1 is 1.22 bits per heavy atom. The van der Waals surface area contributed by atoms with Crippen molar-refractivity contribution in [1.82, 2.24) is 9.71 Å². The van der Waals surface area contributed by atoms with Gasteiger partial charge >= 0.3 is 5.97 Å². The van der Waals surface area contributed by atoms with Gasteiger partial charge in [-0.2, -0.15) is 5.26 Å². The van der Waals surface area contributed by atoms with Gasteiger partial charge in [0, 0.05) is 25.9 Å². The van der Waals surface area contributed by atoms with Crippen LogP contribution in [0.2, 0.25) is 0 Å². The van der Waals surface area contributed by atoms with Crippen molar-refractivity contribution in [3.63, 3.8) is 0 Å². The molecule has 10 nitrogen and oxygen atoms in total. The van der Waals surface area contributed by atoms with E-state index in [4.69, 9.17) is 4.74 Å². The summed E-state index contributed by atoms with van der Waals surface area (Å²) in [4.78, 5) is 43.0. The Balaban J connectivity index is 1.72. The van der Waals surface area contributed by atoms with E-state index in [2.05, 4.69) is 9.71 Å². The van der Waals surface area contributed by atoms with Gasteiger partial charge in [0.2, 0.25) is 15.9 Å². The smallest absolute Gasteiger partial charge is 0.340 e. The average Bonchev–Trinajstić information content (AvgIpc) is 2.83. The Labute approximate surface area is 214 Å². The van der Waals surface area contributed by atoms with Crippen molar-refractivity contribution in [2.45, 2.75) is 37.5 Å². The highest BCUT2D eigenvalue weighted by Gasteiger charge is 2.30. The quantitative estimate of drug-likeness (QED) is 0.399. The van der Waals surface area contributed by atoms with Gasteiger partial charge in [-0.3, -0.25) is 14.3 Å². The zero-order valence-electron chi connectivity index (χ0n) is 19.9. The summed E-state index contributed by atoms with van der Waals surface area (Å²) in [5.74, 6) is -1.77. The molecule has 190 valence electrons. The molecule has 1 aliphatic heterocycles. The molecule has 0 bridgehead atoms. The van der Waals surface area contributed by atoms with Gasteiger partial charge in [0.05, 0.1) is 23.5 Å². The number of hydrogen-bond acceptors (Lipinski definition) is 10. The second-order valence-corrected chi connectivity index (χ2v) is 11.0. The van der Waals surface area contributed by atoms with Crippen LogP contribution in [0.4, 0.5) is 5.82 Å². The summed E-state index contributed by atoms with van der Waals surface area (Å²) in [6.07, 6.45) is 0.683. The van der Waals surface area contributed by atoms with Gasteiger partial charge in [-0.15, -0.1) is 0 Å². The highest BCUT2D eigenvalue weighted by Crippen LogP contribution is 2.31. The van der Waals surface area contributed by atoms with Crippen LogP contribution in [0.15, 0.2) is 41.4 Å². The van der Waals surface area contributed by atoms with E-state index in [9.17, 15) is 28.1 Å². The van der Waals surface area contributed by atoms with E-state index in [0.29, 0.717) is 37.3 Å². The first-order chi connectivity index (χ1) is 17.1. The molecule has 12 heteroatoms. The summed E-state index contributed by atoms with van der Waals surface area (Å²) in [7, 11) is -3.84. The van der Waals surface area contributed by atoms with Gasteiger partial charge in [-0.05, 0) is 43.2 Å². The second-order valence-electron chi connectivity index (χ2n) is 8.11. The molecule has 0 atom stereocenters. The van der Waals surface area contributed by atoms with E-state index in [-0.39, 0.29) is 33.6 Å². The van der Waals surface area contributed by atoms with Crippen molar-refractivity contribution in [2.24, 2.45) is 5.92 Å². The summed E-state index contributed by atoms with van der Waals surface area (Å²) in [5, 5.41) is 9.53. The summed E-state index contributed by atoms with van der Waals surface area (Å²) < 4.78 is 32.1. The average molecular weight is 531 g/mol. The zero-order chi connectivity index (χ0) is 26.3. The predicted octanol–water partition coefficient (Wildman–Crippen LogP) is 2.63. The van der Waals surface area contributed by atoms with Gasteiger partial charge in [-0.1, -0.05) is 30.3 Å². The van der Waals surface area contributed by atoms with Crippen LogP contribution in [-0.4, -0.2) is 50.1 Å². The van der Waals surface area contributed by atoms with Gasteiger partial charge in [0.25, 0.3) is 0 Å². The first-order valence-corrected chi connectivity index (χ1v) is 13.7. The van der Waals surface area contributed by atoms with Crippen LogP contribution in [0.1, 0.15) is 48.2 Å². The molecule has 0 saturated carbocycles. The van der Waals surface area contributed by atoms with Crippen LogP contribution in [0.3, 0.4) is 0 Å². The number of pyridine rings is 1. The molecule has 36 heavy (non-hydrogen) atoms. The lowest BCUT2D eigenvalue weighted by molar-refractivity contribution is -0.123. The first-order valence-electron chi connectivity index (χ1n) is 11.3. The van der Waals surface area contributed by atoms with Crippen molar-refractivity contribution >= 4 is 44.6 Å². The minimum atomic E-state index is -3.84. The van der Waals surface area contributed by atoms with Crippen molar-refractivity contribution in [1.29, 1.82) is 5.26 Å². The summed E-state index contributed by atoms with van der Waals surface area (Å²) in [6, 6.07) is 12.0. The first kappa shape index (κ1) is 27.2. The molecule has 0 unspecified atom stereocenters. The molecular formula is C24H26N4O6S2. The molecule has 0 aliphatic carbocycles. The summed E-state index contributed by atoms with van der Waals surface area (Å²) in [5.41, 5.74) is 0.753. The maximum atomic E-state index is 12.7. The molecule has 0 radical (unpaired) electrons. The van der Waals surface area contributed by atoms with E-state index >= 15 is 0 Å². The number of ether oxygens (including phenoxy) is 1. The number of thioether (sulfide) groups is 1. The molecule has 0 spiro atoms. The normalized spacial score (nSPS) is 14.1. The Hall–Kier alpha value is -3.43. The molecule has 1 amide bonds. The highest BCUT2D eigenvalue weighted by atomic mass is 32.2. The van der Waals surface area contributed by atoms with Gasteiger partial charge in [-0.25, -0.2) is 18.2 Å². The standard InChI is InChI=1S/C24H26N4O6S2/c1-3-34-24(31)20-13-19(14-25)21(26-23(20)35-16(2)29)28-11-9-18(10-12-28)22(30)27-36(32,33)15-17-7-5-4-6-8-17/h4-8,13,18H,3,9-12,15H2,1-2H3,(H,27,30). The number of sulfonamides is 1. The van der Waals surface area contributed by atoms with E-state index < -0.39 is 27.8 Å². The minimum Gasteiger partial charge on any atom is -0.462 e. The lowest BCUT2D eigenvalue weighted by atomic mass is 9.96. The molecule has 1 aliphatic rings. The van der Waals surface area contributed by atoms with Crippen LogP contribution in [-0.2, 0) is 30.1 Å². The number of carbonyl (C=O) groups excluding carboxylic acids is 3. The molecular weight excluding hydrogens is 504 g/mol. The summed E-state index contributed by atoms with van der Waals surface area (Å²) in [6.45, 7) is 3.79. The molecule has 2 aromatic rings. The maximum Gasteiger partial charge on any atom is 0.340 e. The van der Waals surface area contributed by atoms with Crippen LogP contribution in [0.5, 0.6) is 0 Å². The molecule has 1 fully saturated rings. The number of anilines is 1. The number of esters is 1. The van der Waals surface area contributed by atoms with Crippen molar-refractivity contribution in [3.8, 4) is 6.07 Å². The maximum absolute atomic E-state index is 12.7. The van der Waals surface area contributed by atoms with Crippen LogP contribution in [0, 0.1) is 17.2 Å². The molecule has 2 heterocycles. The fourth-order valence-corrected chi connectivity index (χ4v) is 5.63. The predicted molar refractivity (Wildman–Crippen MR) is 134 cm³/mol. The second kappa shape index (κ2) is 12.0. The molecule has 1 N–H and O–H groups in total. The number of benzene rings is 1. The number of piperidine rings is 1. The number of rotatable bonds is 8. The van der Waals surface area contributed by atoms with Crippen LogP contribution >= 0.6 is 11.8 Å². The molecule has 3 rings (SSSR count). The minimum absolute atomic E-state index is 0.0373. The summed E-state index contributed by atoms with van der Waals surface area (Å²) >= 11 is 0.771. The van der Waals surface area contributed by atoms with Crippen molar-refractivity contribution < 1.29 is 27.5 Å². The zero-order valence-corrected chi connectivity index (χ0v) is 21.5. The third kappa shape index (κ3) is 7.05. The Morgan fingerprint density at radius 2 is 1.89 bits per heavy atom. The van der Waals surface area contributed by atoms with E-state index in [0.717, 1.165) is 11.8 Å². The third-order valence-electron chi connectivity index (χ3n) is 5.44. The largest absolute Gasteiger partial charge is 0.462 e.